The van der Waals surface area contributed by atoms with Crippen LogP contribution in [0.15, 0.2) is 40.8 Å². The van der Waals surface area contributed by atoms with Gasteiger partial charge in [0.05, 0.1) is 0 Å². The summed E-state index contributed by atoms with van der Waals surface area (Å²) in [5, 5.41) is 5.63. The molecule has 2 N–H and O–H groups in total. The molecule has 1 saturated heterocycles. The van der Waals surface area contributed by atoms with Gasteiger partial charge < -0.3 is 20.0 Å². The van der Waals surface area contributed by atoms with Gasteiger partial charge in [-0.1, -0.05) is 17.7 Å². The maximum Gasteiger partial charge on any atom is 0.293 e. The first kappa shape index (κ1) is 22.5. The lowest BCUT2D eigenvalue weighted by Gasteiger charge is -2.33. The maximum atomic E-state index is 13.9. The van der Waals surface area contributed by atoms with Crippen molar-refractivity contribution < 1.29 is 18.4 Å². The maximum absolute atomic E-state index is 13.9. The summed E-state index contributed by atoms with van der Waals surface area (Å²) in [5.74, 6) is -1.67. The van der Waals surface area contributed by atoms with E-state index in [2.05, 4.69) is 20.5 Å². The minimum Gasteiger partial charge on any atom is -0.447 e. The van der Waals surface area contributed by atoms with Crippen molar-refractivity contribution in [3.8, 4) is 0 Å². The van der Waals surface area contributed by atoms with Crippen molar-refractivity contribution in [3.05, 3.63) is 53.7 Å². The van der Waals surface area contributed by atoms with Crippen molar-refractivity contribution in [2.75, 3.05) is 23.7 Å². The lowest BCUT2D eigenvalue weighted by molar-refractivity contribution is -0.121. The summed E-state index contributed by atoms with van der Waals surface area (Å²) in [6, 6.07) is 10.5. The van der Waals surface area contributed by atoms with Crippen LogP contribution in [0.3, 0.4) is 0 Å². The van der Waals surface area contributed by atoms with Crippen LogP contribution in [0.4, 0.5) is 15.8 Å². The Bertz CT molecular complexity index is 1190. The molecule has 0 unspecified atom stereocenters. The molecular weight excluding hydrogens is 435 g/mol. The number of halogens is 1. The van der Waals surface area contributed by atoms with E-state index >= 15 is 0 Å². The van der Waals surface area contributed by atoms with E-state index < -0.39 is 11.9 Å². The molecule has 8 heteroatoms. The number of benzene rings is 1. The summed E-state index contributed by atoms with van der Waals surface area (Å²) in [5.41, 5.74) is 2.14. The van der Waals surface area contributed by atoms with E-state index in [9.17, 15) is 14.0 Å². The number of aromatic nitrogens is 1. The minimum atomic E-state index is -0.708. The molecule has 0 atom stereocenters. The van der Waals surface area contributed by atoms with E-state index in [4.69, 9.17) is 4.42 Å². The van der Waals surface area contributed by atoms with Crippen molar-refractivity contribution in [3.63, 3.8) is 0 Å². The number of carbonyl (C=O) groups excluding carboxylic acids is 2. The fourth-order valence-corrected chi connectivity index (χ4v) is 5.09. The molecule has 2 aliphatic rings. The Morgan fingerprint density at radius 1 is 1.00 bits per heavy atom. The van der Waals surface area contributed by atoms with Gasteiger partial charge in [0.1, 0.15) is 11.2 Å². The Kier molecular flexibility index (Phi) is 6.32. The standard InChI is InChI=1S/C26H29FN4O3/c1-16-4-8-18(9-5-16)28-26(33)24-23(22-20(34-24)12-13-21(27)29-22)30-25(32)17-6-10-19(11-7-17)31-14-2-3-15-31/h4-5,8-9,12-13,17,19H,2-3,6-7,10-11,14-15H2,1H3,(H,28,33)(H,30,32). The van der Waals surface area contributed by atoms with E-state index in [0.717, 1.165) is 44.3 Å². The largest absolute Gasteiger partial charge is 0.447 e. The van der Waals surface area contributed by atoms with E-state index in [1.54, 1.807) is 12.1 Å². The summed E-state index contributed by atoms with van der Waals surface area (Å²) >= 11 is 0. The second-order valence-corrected chi connectivity index (χ2v) is 9.34. The van der Waals surface area contributed by atoms with Crippen LogP contribution in [-0.4, -0.2) is 40.8 Å². The van der Waals surface area contributed by atoms with Gasteiger partial charge in [0.25, 0.3) is 5.91 Å². The first-order valence-electron chi connectivity index (χ1n) is 12.0. The van der Waals surface area contributed by atoms with Gasteiger partial charge in [0.15, 0.2) is 5.58 Å². The summed E-state index contributed by atoms with van der Waals surface area (Å²) in [6.07, 6.45) is 6.05. The normalized spacial score (nSPS) is 21.0. The average Bonchev–Trinajstić information content (AvgIpc) is 3.49. The van der Waals surface area contributed by atoms with Crippen LogP contribution >= 0.6 is 0 Å². The number of fused-ring (bicyclic) bond motifs is 1. The molecule has 1 saturated carbocycles. The van der Waals surface area contributed by atoms with Crippen LogP contribution in [0.25, 0.3) is 11.1 Å². The smallest absolute Gasteiger partial charge is 0.293 e. The highest BCUT2D eigenvalue weighted by atomic mass is 19.1. The van der Waals surface area contributed by atoms with Gasteiger partial charge in [0.2, 0.25) is 17.6 Å². The molecular formula is C26H29FN4O3. The Morgan fingerprint density at radius 3 is 2.41 bits per heavy atom. The molecule has 2 aromatic heterocycles. The number of aryl methyl sites for hydroxylation is 1. The summed E-state index contributed by atoms with van der Waals surface area (Å²) in [7, 11) is 0. The topological polar surface area (TPSA) is 87.5 Å². The first-order chi connectivity index (χ1) is 16.5. The Hall–Kier alpha value is -3.26. The van der Waals surface area contributed by atoms with Crippen molar-refractivity contribution in [1.29, 1.82) is 0 Å². The predicted molar refractivity (Wildman–Crippen MR) is 128 cm³/mol. The summed E-state index contributed by atoms with van der Waals surface area (Å²) in [6.45, 7) is 4.26. The monoisotopic (exact) mass is 464 g/mol. The number of anilines is 2. The van der Waals surface area contributed by atoms with Gasteiger partial charge in [-0.3, -0.25) is 9.59 Å². The van der Waals surface area contributed by atoms with Crippen molar-refractivity contribution in [2.24, 2.45) is 5.92 Å². The molecule has 0 spiro atoms. The predicted octanol–water partition coefficient (Wildman–Crippen LogP) is 5.12. The molecule has 3 heterocycles. The number of nitrogens with one attached hydrogen (secondary N) is 2. The van der Waals surface area contributed by atoms with Crippen LogP contribution in [0.2, 0.25) is 0 Å². The average molecular weight is 465 g/mol. The molecule has 2 fully saturated rings. The number of likely N-dealkylation sites (tertiary alicyclic amines) is 1. The van der Waals surface area contributed by atoms with Crippen LogP contribution in [-0.2, 0) is 4.79 Å². The van der Waals surface area contributed by atoms with Gasteiger partial charge >= 0.3 is 0 Å². The molecule has 2 amide bonds. The van der Waals surface area contributed by atoms with Crippen LogP contribution in [0, 0.1) is 18.8 Å². The molecule has 1 aliphatic carbocycles. The van der Waals surface area contributed by atoms with E-state index in [1.807, 2.05) is 19.1 Å². The summed E-state index contributed by atoms with van der Waals surface area (Å²) in [4.78, 5) is 32.6. The minimum absolute atomic E-state index is 0.0900. The second-order valence-electron chi connectivity index (χ2n) is 9.34. The number of hydrogen-bond donors (Lipinski definition) is 2. The van der Waals surface area contributed by atoms with Gasteiger partial charge in [0, 0.05) is 17.6 Å². The Balaban J connectivity index is 1.35. The summed E-state index contributed by atoms with van der Waals surface area (Å²) < 4.78 is 19.6. The zero-order valence-electron chi connectivity index (χ0n) is 19.3. The van der Waals surface area contributed by atoms with Crippen LogP contribution in [0.5, 0.6) is 0 Å². The number of nitrogens with zero attached hydrogens (tertiary/aromatic N) is 2. The number of rotatable bonds is 5. The third-order valence-electron chi connectivity index (χ3n) is 6.99. The number of carbonyl (C=O) groups is 2. The quantitative estimate of drug-likeness (QED) is 0.512. The highest BCUT2D eigenvalue weighted by Crippen LogP contribution is 2.34. The zero-order valence-corrected chi connectivity index (χ0v) is 19.3. The van der Waals surface area contributed by atoms with E-state index in [0.29, 0.717) is 11.7 Å². The lowest BCUT2D eigenvalue weighted by Crippen LogP contribution is -2.38. The Morgan fingerprint density at radius 2 is 1.71 bits per heavy atom. The van der Waals surface area contributed by atoms with Crippen LogP contribution in [0.1, 0.15) is 54.6 Å². The van der Waals surface area contributed by atoms with Crippen molar-refractivity contribution in [1.82, 2.24) is 9.88 Å². The molecule has 0 bridgehead atoms. The van der Waals surface area contributed by atoms with Gasteiger partial charge in [-0.25, -0.2) is 4.98 Å². The molecule has 1 aromatic carbocycles. The third-order valence-corrected chi connectivity index (χ3v) is 6.99. The molecule has 34 heavy (non-hydrogen) atoms. The molecule has 0 radical (unpaired) electrons. The van der Waals surface area contributed by atoms with Crippen molar-refractivity contribution in [2.45, 2.75) is 51.5 Å². The number of hydrogen-bond acceptors (Lipinski definition) is 5. The molecule has 1 aliphatic heterocycles. The van der Waals surface area contributed by atoms with Gasteiger partial charge in [-0.2, -0.15) is 4.39 Å². The van der Waals surface area contributed by atoms with Gasteiger partial charge in [-0.15, -0.1) is 0 Å². The third kappa shape index (κ3) is 4.68. The van der Waals surface area contributed by atoms with E-state index in [1.165, 1.54) is 25.0 Å². The van der Waals surface area contributed by atoms with Crippen LogP contribution < -0.4 is 10.6 Å². The molecule has 7 nitrogen and oxygen atoms in total. The number of pyridine rings is 1. The molecule has 5 rings (SSSR count). The SMILES string of the molecule is Cc1ccc(NC(=O)c2oc3ccc(F)nc3c2NC(=O)C2CCC(N3CCCC3)CC2)cc1. The highest BCUT2D eigenvalue weighted by molar-refractivity contribution is 6.13. The number of furan rings is 1. The first-order valence-corrected chi connectivity index (χ1v) is 12.0. The van der Waals surface area contributed by atoms with Crippen molar-refractivity contribution >= 4 is 34.3 Å². The fraction of sp³-hybridized carbons (Fsp3) is 0.423. The van der Waals surface area contributed by atoms with E-state index in [-0.39, 0.29) is 34.4 Å². The number of amides is 2. The second kappa shape index (κ2) is 9.54. The fourth-order valence-electron chi connectivity index (χ4n) is 5.09. The zero-order chi connectivity index (χ0) is 23.7. The van der Waals surface area contributed by atoms with Gasteiger partial charge in [-0.05, 0) is 82.8 Å². The highest BCUT2D eigenvalue weighted by Gasteiger charge is 2.32. The molecule has 178 valence electrons. The lowest BCUT2D eigenvalue weighted by atomic mass is 9.85. The molecule has 3 aromatic rings. The Labute approximate surface area is 197 Å².